The minimum Gasteiger partial charge on any atom is -0.480 e. The number of aryl methyl sites for hydroxylation is 1. The number of nitrogens with one attached hydrogen (secondary N) is 1. The molecule has 4 rings (SSSR count). The number of rotatable bonds is 2. The molecule has 1 amide bonds. The number of aromatic nitrogens is 2. The van der Waals surface area contributed by atoms with E-state index in [2.05, 4.69) is 29.3 Å². The highest BCUT2D eigenvalue weighted by molar-refractivity contribution is 5.83. The summed E-state index contributed by atoms with van der Waals surface area (Å²) in [5.74, 6) is 1.36. The standard InChI is InChI=1S/C19H23N3O2/c1-12-10-16(21-20-12)14-6-5-9-22(11-14)19(23)18-13(2)15-7-3-4-8-17(15)24-18/h3-4,7-8,10,13-14,18H,5-6,9,11H2,1-2H3,(H,20,21)/t13-,14-,18+/m1/s1. The number of hydrogen-bond acceptors (Lipinski definition) is 3. The highest BCUT2D eigenvalue weighted by Gasteiger charge is 2.39. The van der Waals surface area contributed by atoms with E-state index in [1.165, 1.54) is 0 Å². The van der Waals surface area contributed by atoms with E-state index in [1.54, 1.807) is 0 Å². The summed E-state index contributed by atoms with van der Waals surface area (Å²) in [5, 5.41) is 7.39. The number of benzene rings is 1. The van der Waals surface area contributed by atoms with Crippen LogP contribution in [0.25, 0.3) is 0 Å². The molecule has 3 heterocycles. The number of nitrogens with zero attached hydrogens (tertiary/aromatic N) is 2. The molecule has 0 radical (unpaired) electrons. The van der Waals surface area contributed by atoms with Crippen molar-refractivity contribution in [1.29, 1.82) is 0 Å². The van der Waals surface area contributed by atoms with Gasteiger partial charge in [-0.3, -0.25) is 9.89 Å². The summed E-state index contributed by atoms with van der Waals surface area (Å²) < 4.78 is 5.97. The summed E-state index contributed by atoms with van der Waals surface area (Å²) in [6.07, 6.45) is 1.69. The number of amides is 1. The van der Waals surface area contributed by atoms with Gasteiger partial charge in [0.15, 0.2) is 6.10 Å². The Morgan fingerprint density at radius 3 is 2.96 bits per heavy atom. The maximum absolute atomic E-state index is 13.0. The summed E-state index contributed by atoms with van der Waals surface area (Å²) in [5.41, 5.74) is 3.26. The first kappa shape index (κ1) is 15.2. The largest absolute Gasteiger partial charge is 0.480 e. The molecule has 1 saturated heterocycles. The highest BCUT2D eigenvalue weighted by Crippen LogP contribution is 2.39. The van der Waals surface area contributed by atoms with E-state index in [9.17, 15) is 4.79 Å². The Kier molecular flexibility index (Phi) is 3.79. The van der Waals surface area contributed by atoms with Gasteiger partial charge >= 0.3 is 0 Å². The molecule has 0 bridgehead atoms. The van der Waals surface area contributed by atoms with Gasteiger partial charge in [-0.2, -0.15) is 5.10 Å². The van der Waals surface area contributed by atoms with Crippen LogP contribution in [0.1, 0.15) is 48.6 Å². The summed E-state index contributed by atoms with van der Waals surface area (Å²) >= 11 is 0. The Morgan fingerprint density at radius 1 is 1.38 bits per heavy atom. The molecule has 0 unspecified atom stereocenters. The van der Waals surface area contributed by atoms with Crippen molar-refractivity contribution in [3.05, 3.63) is 47.3 Å². The molecule has 1 aromatic heterocycles. The Bertz CT molecular complexity index is 755. The molecule has 5 heteroatoms. The van der Waals surface area contributed by atoms with E-state index in [-0.39, 0.29) is 11.8 Å². The second-order valence-electron chi connectivity index (χ2n) is 6.96. The lowest BCUT2D eigenvalue weighted by atomic mass is 9.92. The van der Waals surface area contributed by atoms with Crippen LogP contribution in [0.4, 0.5) is 0 Å². The number of carbonyl (C=O) groups excluding carboxylic acids is 1. The van der Waals surface area contributed by atoms with Crippen molar-refractivity contribution >= 4 is 5.91 Å². The lowest BCUT2D eigenvalue weighted by Crippen LogP contribution is -2.46. The van der Waals surface area contributed by atoms with Crippen molar-refractivity contribution in [3.63, 3.8) is 0 Å². The van der Waals surface area contributed by atoms with E-state index < -0.39 is 6.10 Å². The topological polar surface area (TPSA) is 58.2 Å². The maximum atomic E-state index is 13.0. The molecule has 5 nitrogen and oxygen atoms in total. The van der Waals surface area contributed by atoms with E-state index in [4.69, 9.17) is 4.74 Å². The average Bonchev–Trinajstić information content (AvgIpc) is 3.19. The average molecular weight is 325 g/mol. The zero-order valence-corrected chi connectivity index (χ0v) is 14.2. The number of para-hydroxylation sites is 1. The predicted octanol–water partition coefficient (Wildman–Crippen LogP) is 2.99. The van der Waals surface area contributed by atoms with Gasteiger partial charge in [-0.05, 0) is 31.9 Å². The van der Waals surface area contributed by atoms with Crippen LogP contribution in [0.5, 0.6) is 5.75 Å². The third-order valence-electron chi connectivity index (χ3n) is 5.24. The van der Waals surface area contributed by atoms with Gasteiger partial charge in [0.05, 0.1) is 5.69 Å². The summed E-state index contributed by atoms with van der Waals surface area (Å²) in [6.45, 7) is 5.62. The fourth-order valence-corrected chi connectivity index (χ4v) is 3.88. The fraction of sp³-hybridized carbons (Fsp3) is 0.474. The molecule has 1 fully saturated rings. The van der Waals surface area contributed by atoms with Crippen LogP contribution in [0.2, 0.25) is 0 Å². The molecular formula is C19H23N3O2. The molecule has 1 aromatic carbocycles. The first-order valence-corrected chi connectivity index (χ1v) is 8.70. The zero-order valence-electron chi connectivity index (χ0n) is 14.2. The van der Waals surface area contributed by atoms with Gasteiger partial charge < -0.3 is 9.64 Å². The number of fused-ring (bicyclic) bond motifs is 1. The van der Waals surface area contributed by atoms with Crippen molar-refractivity contribution in [2.45, 2.75) is 44.6 Å². The molecule has 1 N–H and O–H groups in total. The first-order chi connectivity index (χ1) is 11.6. The molecule has 0 spiro atoms. The first-order valence-electron chi connectivity index (χ1n) is 8.70. The van der Waals surface area contributed by atoms with Crippen LogP contribution in [-0.2, 0) is 4.79 Å². The summed E-state index contributed by atoms with van der Waals surface area (Å²) in [7, 11) is 0. The van der Waals surface area contributed by atoms with Crippen LogP contribution in [0.3, 0.4) is 0 Å². The number of aromatic amines is 1. The van der Waals surface area contributed by atoms with Gasteiger partial charge in [0.1, 0.15) is 5.75 Å². The molecule has 24 heavy (non-hydrogen) atoms. The number of hydrogen-bond donors (Lipinski definition) is 1. The van der Waals surface area contributed by atoms with Gasteiger partial charge in [0.2, 0.25) is 0 Å². The second kappa shape index (κ2) is 5.96. The van der Waals surface area contributed by atoms with Gasteiger partial charge in [-0.1, -0.05) is 25.1 Å². The van der Waals surface area contributed by atoms with Crippen molar-refractivity contribution in [2.75, 3.05) is 13.1 Å². The SMILES string of the molecule is Cc1cc([C@@H]2CCCN(C(=O)[C@H]3Oc4ccccc4[C@H]3C)C2)n[nH]1. The number of ether oxygens (including phenoxy) is 1. The van der Waals surface area contributed by atoms with E-state index in [1.807, 2.05) is 30.0 Å². The van der Waals surface area contributed by atoms with Crippen LogP contribution in [0.15, 0.2) is 30.3 Å². The fourth-order valence-electron chi connectivity index (χ4n) is 3.88. The molecule has 2 aliphatic rings. The highest BCUT2D eigenvalue weighted by atomic mass is 16.5. The monoisotopic (exact) mass is 325 g/mol. The quantitative estimate of drug-likeness (QED) is 0.923. The predicted molar refractivity (Wildman–Crippen MR) is 91.2 cm³/mol. The Labute approximate surface area is 142 Å². The van der Waals surface area contributed by atoms with Gasteiger partial charge in [-0.25, -0.2) is 0 Å². The molecule has 126 valence electrons. The number of piperidine rings is 1. The molecule has 2 aliphatic heterocycles. The normalized spacial score (nSPS) is 26.1. The van der Waals surface area contributed by atoms with Gasteiger partial charge in [0.25, 0.3) is 5.91 Å². The van der Waals surface area contributed by atoms with Crippen molar-refractivity contribution < 1.29 is 9.53 Å². The third kappa shape index (κ3) is 2.58. The Morgan fingerprint density at radius 2 is 2.21 bits per heavy atom. The van der Waals surface area contributed by atoms with E-state index in [0.717, 1.165) is 48.6 Å². The lowest BCUT2D eigenvalue weighted by molar-refractivity contribution is -0.140. The molecule has 0 aliphatic carbocycles. The molecular weight excluding hydrogens is 302 g/mol. The third-order valence-corrected chi connectivity index (χ3v) is 5.24. The Balaban J connectivity index is 1.49. The molecule has 0 saturated carbocycles. The van der Waals surface area contributed by atoms with Crippen LogP contribution in [-0.4, -0.2) is 40.2 Å². The Hall–Kier alpha value is -2.30. The van der Waals surface area contributed by atoms with Crippen molar-refractivity contribution in [1.82, 2.24) is 15.1 Å². The minimum absolute atomic E-state index is 0.0988. The van der Waals surface area contributed by atoms with Gasteiger partial charge in [-0.15, -0.1) is 0 Å². The van der Waals surface area contributed by atoms with E-state index >= 15 is 0 Å². The van der Waals surface area contributed by atoms with Crippen molar-refractivity contribution in [2.24, 2.45) is 0 Å². The summed E-state index contributed by atoms with van der Waals surface area (Å²) in [6, 6.07) is 10.0. The molecule has 3 atom stereocenters. The zero-order chi connectivity index (χ0) is 16.7. The van der Waals surface area contributed by atoms with Crippen LogP contribution >= 0.6 is 0 Å². The molecule has 2 aromatic rings. The van der Waals surface area contributed by atoms with Crippen molar-refractivity contribution in [3.8, 4) is 5.75 Å². The van der Waals surface area contributed by atoms with Crippen LogP contribution < -0.4 is 4.74 Å². The van der Waals surface area contributed by atoms with E-state index in [0.29, 0.717) is 5.92 Å². The maximum Gasteiger partial charge on any atom is 0.264 e. The lowest BCUT2D eigenvalue weighted by Gasteiger charge is -2.34. The van der Waals surface area contributed by atoms with Gasteiger partial charge in [0, 0.05) is 36.2 Å². The van der Waals surface area contributed by atoms with Crippen LogP contribution in [0, 0.1) is 6.92 Å². The second-order valence-corrected chi connectivity index (χ2v) is 6.96. The number of carbonyl (C=O) groups is 1. The number of H-pyrrole nitrogens is 1. The number of likely N-dealkylation sites (tertiary alicyclic amines) is 1. The smallest absolute Gasteiger partial charge is 0.264 e. The minimum atomic E-state index is -0.401. The summed E-state index contributed by atoms with van der Waals surface area (Å²) in [4.78, 5) is 15.0.